The van der Waals surface area contributed by atoms with Gasteiger partial charge in [-0.1, -0.05) is 30.7 Å². The Bertz CT molecular complexity index is 493. The van der Waals surface area contributed by atoms with Crippen LogP contribution >= 0.6 is 22.9 Å². The van der Waals surface area contributed by atoms with Crippen LogP contribution in [0.25, 0.3) is 0 Å². The third kappa shape index (κ3) is 3.14. The van der Waals surface area contributed by atoms with Gasteiger partial charge in [0, 0.05) is 5.02 Å². The smallest absolute Gasteiger partial charge is 0.0585 e. The highest BCUT2D eigenvalue weighted by Gasteiger charge is 2.14. The standard InChI is InChI=1S/C15H18ClNS/c1-3-7-17-15(13-6-8-18-10-13)12-5-4-11(2)14(16)9-12/h4-6,8-10,15,17H,3,7H2,1-2H3. The van der Waals surface area contributed by atoms with Gasteiger partial charge in [-0.25, -0.2) is 0 Å². The molecule has 0 aliphatic carbocycles. The molecule has 18 heavy (non-hydrogen) atoms. The molecule has 1 heterocycles. The normalized spacial score (nSPS) is 12.6. The van der Waals surface area contributed by atoms with Crippen molar-refractivity contribution in [2.45, 2.75) is 26.3 Å². The monoisotopic (exact) mass is 279 g/mol. The van der Waals surface area contributed by atoms with Crippen LogP contribution in [-0.2, 0) is 0 Å². The Hall–Kier alpha value is -0.830. The van der Waals surface area contributed by atoms with Crippen LogP contribution in [0.5, 0.6) is 0 Å². The van der Waals surface area contributed by atoms with Gasteiger partial charge in [-0.3, -0.25) is 0 Å². The van der Waals surface area contributed by atoms with E-state index in [1.807, 2.05) is 6.92 Å². The van der Waals surface area contributed by atoms with E-state index in [2.05, 4.69) is 47.3 Å². The fraction of sp³-hybridized carbons (Fsp3) is 0.333. The number of benzene rings is 1. The van der Waals surface area contributed by atoms with Crippen molar-refractivity contribution in [3.63, 3.8) is 0 Å². The second-order valence-corrected chi connectivity index (χ2v) is 5.64. The van der Waals surface area contributed by atoms with Gasteiger partial charge in [-0.15, -0.1) is 0 Å². The number of halogens is 1. The molecule has 0 spiro atoms. The number of hydrogen-bond acceptors (Lipinski definition) is 2. The molecule has 1 aromatic carbocycles. The van der Waals surface area contributed by atoms with Gasteiger partial charge in [0.2, 0.25) is 0 Å². The molecule has 0 bridgehead atoms. The predicted octanol–water partition coefficient (Wildman–Crippen LogP) is 4.80. The Morgan fingerprint density at radius 2 is 2.11 bits per heavy atom. The largest absolute Gasteiger partial charge is 0.306 e. The van der Waals surface area contributed by atoms with E-state index >= 15 is 0 Å². The van der Waals surface area contributed by atoms with Crippen LogP contribution in [0.15, 0.2) is 35.0 Å². The first-order valence-corrected chi connectivity index (χ1v) is 7.56. The molecule has 0 aliphatic heterocycles. The number of thiophene rings is 1. The maximum absolute atomic E-state index is 6.23. The van der Waals surface area contributed by atoms with Crippen LogP contribution in [0, 0.1) is 6.92 Å². The van der Waals surface area contributed by atoms with Crippen molar-refractivity contribution in [1.29, 1.82) is 0 Å². The summed E-state index contributed by atoms with van der Waals surface area (Å²) in [6.07, 6.45) is 1.13. The minimum Gasteiger partial charge on any atom is -0.306 e. The quantitative estimate of drug-likeness (QED) is 0.829. The molecule has 2 aromatic rings. The van der Waals surface area contributed by atoms with Crippen LogP contribution in [0.1, 0.15) is 36.1 Å². The molecule has 0 aliphatic rings. The molecule has 1 nitrogen and oxygen atoms in total. The van der Waals surface area contributed by atoms with Gasteiger partial charge < -0.3 is 5.32 Å². The van der Waals surface area contributed by atoms with Crippen LogP contribution in [0.2, 0.25) is 5.02 Å². The lowest BCUT2D eigenvalue weighted by molar-refractivity contribution is 0.600. The van der Waals surface area contributed by atoms with E-state index in [0.29, 0.717) is 0 Å². The summed E-state index contributed by atoms with van der Waals surface area (Å²) in [6, 6.07) is 8.74. The Labute approximate surface area is 118 Å². The third-order valence-electron chi connectivity index (χ3n) is 3.00. The molecule has 1 unspecified atom stereocenters. The van der Waals surface area contributed by atoms with Gasteiger partial charge in [0.25, 0.3) is 0 Å². The summed E-state index contributed by atoms with van der Waals surface area (Å²) in [5, 5.41) is 8.73. The minimum atomic E-state index is 0.245. The van der Waals surface area contributed by atoms with Gasteiger partial charge in [-0.2, -0.15) is 11.3 Å². The molecule has 1 atom stereocenters. The highest BCUT2D eigenvalue weighted by Crippen LogP contribution is 2.27. The summed E-state index contributed by atoms with van der Waals surface area (Å²) in [7, 11) is 0. The predicted molar refractivity (Wildman–Crippen MR) is 80.6 cm³/mol. The lowest BCUT2D eigenvalue weighted by Gasteiger charge is -2.19. The molecule has 96 valence electrons. The summed E-state index contributed by atoms with van der Waals surface area (Å²) < 4.78 is 0. The van der Waals surface area contributed by atoms with Crippen molar-refractivity contribution < 1.29 is 0 Å². The van der Waals surface area contributed by atoms with E-state index in [4.69, 9.17) is 11.6 Å². The maximum atomic E-state index is 6.23. The molecule has 0 radical (unpaired) electrons. The van der Waals surface area contributed by atoms with Crippen LogP contribution in [-0.4, -0.2) is 6.54 Å². The molecule has 1 N–H and O–H groups in total. The zero-order chi connectivity index (χ0) is 13.0. The molecular formula is C15H18ClNS. The first kappa shape index (κ1) is 13.6. The SMILES string of the molecule is CCCNC(c1ccsc1)c1ccc(C)c(Cl)c1. The lowest BCUT2D eigenvalue weighted by Crippen LogP contribution is -2.22. The lowest BCUT2D eigenvalue weighted by atomic mass is 10.00. The van der Waals surface area contributed by atoms with Crippen molar-refractivity contribution >= 4 is 22.9 Å². The Morgan fingerprint density at radius 1 is 1.28 bits per heavy atom. The summed E-state index contributed by atoms with van der Waals surface area (Å²) in [5.74, 6) is 0. The molecule has 1 aromatic heterocycles. The van der Waals surface area contributed by atoms with E-state index in [1.165, 1.54) is 11.1 Å². The third-order valence-corrected chi connectivity index (χ3v) is 4.11. The Morgan fingerprint density at radius 3 is 2.72 bits per heavy atom. The minimum absolute atomic E-state index is 0.245. The van der Waals surface area contributed by atoms with Gasteiger partial charge >= 0.3 is 0 Å². The molecule has 0 amide bonds. The van der Waals surface area contributed by atoms with Crippen molar-refractivity contribution in [3.8, 4) is 0 Å². The number of nitrogens with one attached hydrogen (secondary N) is 1. The average Bonchev–Trinajstić information content (AvgIpc) is 2.88. The van der Waals surface area contributed by atoms with E-state index in [9.17, 15) is 0 Å². The summed E-state index contributed by atoms with van der Waals surface area (Å²) >= 11 is 7.96. The molecule has 0 saturated heterocycles. The van der Waals surface area contributed by atoms with Crippen molar-refractivity contribution in [2.24, 2.45) is 0 Å². The highest BCUT2D eigenvalue weighted by molar-refractivity contribution is 7.08. The van der Waals surface area contributed by atoms with Gasteiger partial charge in [-0.05, 0) is 59.5 Å². The molecular weight excluding hydrogens is 262 g/mol. The second-order valence-electron chi connectivity index (χ2n) is 4.45. The molecule has 2 rings (SSSR count). The molecule has 3 heteroatoms. The number of hydrogen-bond donors (Lipinski definition) is 1. The van der Waals surface area contributed by atoms with E-state index in [1.54, 1.807) is 11.3 Å². The maximum Gasteiger partial charge on any atom is 0.0585 e. The first-order valence-electron chi connectivity index (χ1n) is 6.24. The Kier molecular flexibility index (Phi) is 4.81. The van der Waals surface area contributed by atoms with Crippen molar-refractivity contribution in [1.82, 2.24) is 5.32 Å². The van der Waals surface area contributed by atoms with Crippen molar-refractivity contribution in [2.75, 3.05) is 6.54 Å². The topological polar surface area (TPSA) is 12.0 Å². The molecule has 0 saturated carbocycles. The summed E-state index contributed by atoms with van der Waals surface area (Å²) in [6.45, 7) is 5.22. The van der Waals surface area contributed by atoms with E-state index < -0.39 is 0 Å². The average molecular weight is 280 g/mol. The summed E-state index contributed by atoms with van der Waals surface area (Å²) in [5.41, 5.74) is 3.67. The Balaban J connectivity index is 2.30. The number of aryl methyl sites for hydroxylation is 1. The van der Waals surface area contributed by atoms with Crippen LogP contribution in [0.3, 0.4) is 0 Å². The zero-order valence-corrected chi connectivity index (χ0v) is 12.3. The van der Waals surface area contributed by atoms with Gasteiger partial charge in [0.05, 0.1) is 6.04 Å². The summed E-state index contributed by atoms with van der Waals surface area (Å²) in [4.78, 5) is 0. The van der Waals surface area contributed by atoms with E-state index in [0.717, 1.165) is 23.6 Å². The van der Waals surface area contributed by atoms with Gasteiger partial charge in [0.1, 0.15) is 0 Å². The van der Waals surface area contributed by atoms with Crippen LogP contribution < -0.4 is 5.32 Å². The zero-order valence-electron chi connectivity index (χ0n) is 10.7. The van der Waals surface area contributed by atoms with E-state index in [-0.39, 0.29) is 6.04 Å². The fourth-order valence-electron chi connectivity index (χ4n) is 1.94. The first-order chi connectivity index (χ1) is 8.72. The second kappa shape index (κ2) is 6.37. The van der Waals surface area contributed by atoms with Crippen LogP contribution in [0.4, 0.5) is 0 Å². The fourth-order valence-corrected chi connectivity index (χ4v) is 2.82. The van der Waals surface area contributed by atoms with Crippen molar-refractivity contribution in [3.05, 3.63) is 56.7 Å². The van der Waals surface area contributed by atoms with Gasteiger partial charge in [0.15, 0.2) is 0 Å². The molecule has 0 fully saturated rings. The number of rotatable bonds is 5. The highest BCUT2D eigenvalue weighted by atomic mass is 35.5.